The molecule has 0 radical (unpaired) electrons. The molecule has 1 atom stereocenters. The highest BCUT2D eigenvalue weighted by Crippen LogP contribution is 2.36. The Labute approximate surface area is 195 Å². The van der Waals surface area contributed by atoms with Gasteiger partial charge in [-0.2, -0.15) is 0 Å². The molecule has 1 aromatic carbocycles. The number of benzene rings is 1. The first-order chi connectivity index (χ1) is 15.9. The van der Waals surface area contributed by atoms with Crippen LogP contribution in [-0.2, 0) is 7.05 Å². The van der Waals surface area contributed by atoms with Gasteiger partial charge in [0.25, 0.3) is 5.91 Å². The van der Waals surface area contributed by atoms with Crippen LogP contribution in [0.2, 0.25) is 0 Å². The number of carbonyl (C=O) groups is 1. The molecule has 1 amide bonds. The minimum Gasteiger partial charge on any atom is -0.446 e. The minimum atomic E-state index is -0.274. The third-order valence-electron chi connectivity index (χ3n) is 5.95. The molecule has 0 spiro atoms. The first kappa shape index (κ1) is 22.9. The fourth-order valence-corrected chi connectivity index (χ4v) is 5.10. The second-order valence-corrected chi connectivity index (χ2v) is 9.20. The lowest BCUT2D eigenvalue weighted by Gasteiger charge is -2.27. The van der Waals surface area contributed by atoms with Crippen LogP contribution in [0.3, 0.4) is 0 Å². The second-order valence-electron chi connectivity index (χ2n) is 8.14. The quantitative estimate of drug-likeness (QED) is 0.386. The van der Waals surface area contributed by atoms with Crippen LogP contribution in [0.5, 0.6) is 0 Å². The van der Waals surface area contributed by atoms with Crippen molar-refractivity contribution >= 4 is 27.3 Å². The van der Waals surface area contributed by atoms with Gasteiger partial charge >= 0.3 is 0 Å². The van der Waals surface area contributed by atoms with E-state index in [0.717, 1.165) is 26.8 Å². The maximum absolute atomic E-state index is 13.7. The SMILES string of the molecule is Cc1c(C(=O)N(CCCCO)C(C)c2cnco2)sc2ccc(-c3ccc(=O)n(C)c3)cc12. The van der Waals surface area contributed by atoms with Crippen LogP contribution in [0.25, 0.3) is 21.2 Å². The molecule has 0 aliphatic rings. The molecule has 0 saturated heterocycles. The highest BCUT2D eigenvalue weighted by atomic mass is 32.1. The first-order valence-electron chi connectivity index (χ1n) is 10.9. The van der Waals surface area contributed by atoms with Crippen molar-refractivity contribution in [3.63, 3.8) is 0 Å². The zero-order chi connectivity index (χ0) is 23.5. The summed E-state index contributed by atoms with van der Waals surface area (Å²) in [6.07, 6.45) is 6.14. The van der Waals surface area contributed by atoms with Crippen LogP contribution in [-0.4, -0.2) is 38.6 Å². The smallest absolute Gasteiger partial charge is 0.264 e. The Morgan fingerprint density at radius 1 is 1.24 bits per heavy atom. The summed E-state index contributed by atoms with van der Waals surface area (Å²) in [4.78, 5) is 31.9. The van der Waals surface area contributed by atoms with Crippen LogP contribution >= 0.6 is 11.3 Å². The number of hydrogen-bond acceptors (Lipinski definition) is 6. The number of oxazole rings is 1. The third kappa shape index (κ3) is 4.62. The lowest BCUT2D eigenvalue weighted by atomic mass is 10.0. The fraction of sp³-hybridized carbons (Fsp3) is 0.320. The number of unbranched alkanes of at least 4 members (excludes halogenated alkanes) is 1. The van der Waals surface area contributed by atoms with Gasteiger partial charge in [0.15, 0.2) is 6.39 Å². The van der Waals surface area contributed by atoms with Gasteiger partial charge in [-0.3, -0.25) is 9.59 Å². The second kappa shape index (κ2) is 9.72. The molecule has 0 bridgehead atoms. The van der Waals surface area contributed by atoms with Gasteiger partial charge < -0.3 is 19.0 Å². The molecular weight excluding hydrogens is 438 g/mol. The van der Waals surface area contributed by atoms with Crippen molar-refractivity contribution in [3.8, 4) is 11.1 Å². The third-order valence-corrected chi connectivity index (χ3v) is 7.21. The van der Waals surface area contributed by atoms with Crippen molar-refractivity contribution in [2.24, 2.45) is 7.05 Å². The van der Waals surface area contributed by atoms with Crippen molar-refractivity contribution < 1.29 is 14.3 Å². The predicted octanol–water partition coefficient (Wildman–Crippen LogP) is 4.54. The number of aromatic nitrogens is 2. The molecule has 7 nitrogen and oxygen atoms in total. The Hall–Kier alpha value is -3.23. The Morgan fingerprint density at radius 2 is 2.03 bits per heavy atom. The number of aryl methyl sites for hydroxylation is 2. The molecule has 0 fully saturated rings. The number of thiophene rings is 1. The van der Waals surface area contributed by atoms with E-state index in [-0.39, 0.29) is 24.1 Å². The number of carbonyl (C=O) groups excluding carboxylic acids is 1. The molecule has 1 N–H and O–H groups in total. The Balaban J connectivity index is 1.70. The van der Waals surface area contributed by atoms with Gasteiger partial charge in [0.2, 0.25) is 5.56 Å². The summed E-state index contributed by atoms with van der Waals surface area (Å²) < 4.78 is 8.06. The Morgan fingerprint density at radius 3 is 2.73 bits per heavy atom. The molecule has 33 heavy (non-hydrogen) atoms. The van der Waals surface area contributed by atoms with Gasteiger partial charge in [0.05, 0.1) is 17.1 Å². The van der Waals surface area contributed by atoms with Crippen LogP contribution in [0, 0.1) is 6.92 Å². The maximum Gasteiger partial charge on any atom is 0.264 e. The van der Waals surface area contributed by atoms with E-state index < -0.39 is 0 Å². The number of pyridine rings is 1. The number of amides is 1. The Kier molecular flexibility index (Phi) is 6.76. The van der Waals surface area contributed by atoms with Crippen LogP contribution in [0.15, 0.2) is 58.3 Å². The number of hydrogen-bond donors (Lipinski definition) is 1. The van der Waals surface area contributed by atoms with Gasteiger partial charge in [-0.05, 0) is 67.0 Å². The topological polar surface area (TPSA) is 88.6 Å². The van der Waals surface area contributed by atoms with Crippen LogP contribution < -0.4 is 5.56 Å². The number of aliphatic hydroxyl groups excluding tert-OH is 1. The normalized spacial score (nSPS) is 12.2. The maximum atomic E-state index is 13.7. The summed E-state index contributed by atoms with van der Waals surface area (Å²) in [5.74, 6) is 0.572. The van der Waals surface area contributed by atoms with Gasteiger partial charge in [0, 0.05) is 37.2 Å². The van der Waals surface area contributed by atoms with E-state index in [1.54, 1.807) is 28.8 Å². The lowest BCUT2D eigenvalue weighted by molar-refractivity contribution is 0.0667. The zero-order valence-electron chi connectivity index (χ0n) is 18.9. The molecule has 4 aromatic rings. The molecule has 172 valence electrons. The lowest BCUT2D eigenvalue weighted by Crippen LogP contribution is -2.34. The zero-order valence-corrected chi connectivity index (χ0v) is 19.8. The summed E-state index contributed by atoms with van der Waals surface area (Å²) >= 11 is 1.48. The summed E-state index contributed by atoms with van der Waals surface area (Å²) in [6.45, 7) is 4.51. The average Bonchev–Trinajstić information content (AvgIpc) is 3.46. The van der Waals surface area contributed by atoms with E-state index >= 15 is 0 Å². The van der Waals surface area contributed by atoms with Crippen LogP contribution in [0.1, 0.15) is 46.8 Å². The number of fused-ring (bicyclic) bond motifs is 1. The van der Waals surface area contributed by atoms with Crippen molar-refractivity contribution in [1.29, 1.82) is 0 Å². The molecular formula is C25H27N3O4S. The van der Waals surface area contributed by atoms with E-state index in [2.05, 4.69) is 11.1 Å². The summed E-state index contributed by atoms with van der Waals surface area (Å²) in [7, 11) is 1.73. The fourth-order valence-electron chi connectivity index (χ4n) is 3.95. The molecule has 4 rings (SSSR count). The first-order valence-corrected chi connectivity index (χ1v) is 11.7. The van der Waals surface area contributed by atoms with Gasteiger partial charge in [0.1, 0.15) is 5.76 Å². The summed E-state index contributed by atoms with van der Waals surface area (Å²) in [5, 5.41) is 10.2. The highest BCUT2D eigenvalue weighted by molar-refractivity contribution is 7.21. The van der Waals surface area contributed by atoms with Crippen molar-refractivity contribution in [3.05, 3.63) is 75.7 Å². The summed E-state index contributed by atoms with van der Waals surface area (Å²) in [5.41, 5.74) is 2.82. The van der Waals surface area contributed by atoms with Gasteiger partial charge in [-0.1, -0.05) is 6.07 Å². The molecule has 0 saturated carbocycles. The highest BCUT2D eigenvalue weighted by Gasteiger charge is 2.27. The van der Waals surface area contributed by atoms with Crippen molar-refractivity contribution in [2.45, 2.75) is 32.7 Å². The monoisotopic (exact) mass is 465 g/mol. The number of nitrogens with zero attached hydrogens (tertiary/aromatic N) is 3. The van der Waals surface area contributed by atoms with Crippen molar-refractivity contribution in [1.82, 2.24) is 14.5 Å². The molecule has 3 heterocycles. The summed E-state index contributed by atoms with van der Waals surface area (Å²) in [6, 6.07) is 9.23. The molecule has 8 heteroatoms. The van der Waals surface area contributed by atoms with Gasteiger partial charge in [-0.25, -0.2) is 4.98 Å². The van der Waals surface area contributed by atoms with E-state index in [0.29, 0.717) is 30.0 Å². The Bertz CT molecular complexity index is 1320. The molecule has 1 unspecified atom stereocenters. The minimum absolute atomic E-state index is 0.0541. The van der Waals surface area contributed by atoms with E-state index in [1.165, 1.54) is 17.7 Å². The number of rotatable bonds is 8. The van der Waals surface area contributed by atoms with Crippen molar-refractivity contribution in [2.75, 3.05) is 13.2 Å². The van der Waals surface area contributed by atoms with Crippen LogP contribution in [0.4, 0.5) is 0 Å². The van der Waals surface area contributed by atoms with E-state index in [4.69, 9.17) is 4.42 Å². The predicted molar refractivity (Wildman–Crippen MR) is 130 cm³/mol. The van der Waals surface area contributed by atoms with E-state index in [1.807, 2.05) is 38.2 Å². The molecule has 0 aliphatic carbocycles. The van der Waals surface area contributed by atoms with E-state index in [9.17, 15) is 14.7 Å². The average molecular weight is 466 g/mol. The standard InChI is InChI=1S/C25H27N3O4S/c1-16-20-12-18(19-7-9-23(30)27(3)14-19)6-8-22(20)33-24(16)25(31)28(10-4-5-11-29)17(2)21-13-26-15-32-21/h6-9,12-15,17,29H,4-5,10-11H2,1-3H3. The van der Waals surface area contributed by atoms with Gasteiger partial charge in [-0.15, -0.1) is 11.3 Å². The molecule has 3 aromatic heterocycles. The molecule has 0 aliphatic heterocycles. The largest absolute Gasteiger partial charge is 0.446 e. The number of aliphatic hydroxyl groups is 1.